The summed E-state index contributed by atoms with van der Waals surface area (Å²) in [6.45, 7) is 3.83. The van der Waals surface area contributed by atoms with Crippen LogP contribution in [0.3, 0.4) is 0 Å². The predicted octanol–water partition coefficient (Wildman–Crippen LogP) is 1.30. The van der Waals surface area contributed by atoms with E-state index >= 15 is 0 Å². The van der Waals surface area contributed by atoms with Crippen molar-refractivity contribution in [1.82, 2.24) is 10.6 Å². The summed E-state index contributed by atoms with van der Waals surface area (Å²) in [6.07, 6.45) is -5.15. The molecule has 1 unspecified atom stereocenters. The number of methoxy groups -OCH3 is 1. The number of carbonyl (C=O) groups excluding carboxylic acids is 1. The van der Waals surface area contributed by atoms with Gasteiger partial charge in [0.1, 0.15) is 0 Å². The summed E-state index contributed by atoms with van der Waals surface area (Å²) in [5, 5.41) is 5.36. The molecule has 0 aliphatic heterocycles. The van der Waals surface area contributed by atoms with Crippen LogP contribution in [-0.2, 0) is 9.53 Å². The van der Waals surface area contributed by atoms with Crippen molar-refractivity contribution in [2.24, 2.45) is 10.9 Å². The minimum Gasteiger partial charge on any atom is -0.469 e. The molecular weight excluding hydrogens is 263 g/mol. The average molecular weight is 283 g/mol. The maximum absolute atomic E-state index is 12.0. The maximum Gasteiger partial charge on any atom is 0.390 e. The fourth-order valence-corrected chi connectivity index (χ4v) is 1.17. The Morgan fingerprint density at radius 2 is 2.00 bits per heavy atom. The van der Waals surface area contributed by atoms with Gasteiger partial charge in [-0.15, -0.1) is 0 Å². The van der Waals surface area contributed by atoms with Gasteiger partial charge < -0.3 is 15.4 Å². The fraction of sp³-hybridized carbons (Fsp3) is 0.818. The van der Waals surface area contributed by atoms with E-state index < -0.39 is 24.5 Å². The highest BCUT2D eigenvalue weighted by Crippen LogP contribution is 2.17. The summed E-state index contributed by atoms with van der Waals surface area (Å²) < 4.78 is 40.5. The number of guanidine groups is 1. The first-order valence-corrected chi connectivity index (χ1v) is 5.97. The van der Waals surface area contributed by atoms with Crippen LogP contribution in [0.5, 0.6) is 0 Å². The van der Waals surface area contributed by atoms with E-state index in [1.807, 2.05) is 0 Å². The van der Waals surface area contributed by atoms with E-state index in [0.29, 0.717) is 6.54 Å². The zero-order chi connectivity index (χ0) is 14.9. The maximum atomic E-state index is 12.0. The Balaban J connectivity index is 4.26. The first kappa shape index (κ1) is 17.5. The molecule has 8 heteroatoms. The van der Waals surface area contributed by atoms with E-state index in [1.54, 1.807) is 13.8 Å². The van der Waals surface area contributed by atoms with Gasteiger partial charge >= 0.3 is 12.1 Å². The Morgan fingerprint density at radius 1 is 1.37 bits per heavy atom. The fourth-order valence-electron chi connectivity index (χ4n) is 1.17. The molecule has 0 aromatic rings. The molecule has 0 saturated carbocycles. The Bertz CT molecular complexity index is 306. The third-order valence-corrected chi connectivity index (χ3v) is 2.17. The van der Waals surface area contributed by atoms with E-state index in [2.05, 4.69) is 20.4 Å². The number of alkyl halides is 3. The van der Waals surface area contributed by atoms with Crippen LogP contribution in [-0.4, -0.2) is 44.8 Å². The van der Waals surface area contributed by atoms with E-state index in [1.165, 1.54) is 7.11 Å². The minimum atomic E-state index is -4.20. The molecule has 1 atom stereocenters. The lowest BCUT2D eigenvalue weighted by atomic mass is 10.2. The summed E-state index contributed by atoms with van der Waals surface area (Å²) in [5.41, 5.74) is 0. The highest BCUT2D eigenvalue weighted by molar-refractivity contribution is 5.80. The van der Waals surface area contributed by atoms with E-state index in [9.17, 15) is 18.0 Å². The number of halogens is 3. The van der Waals surface area contributed by atoms with Crippen LogP contribution in [0.1, 0.15) is 20.3 Å². The summed E-state index contributed by atoms with van der Waals surface area (Å²) in [4.78, 5) is 15.2. The standard InChI is InChI=1S/C11H20F3N3O2/c1-4-15-10(16-6-5-11(12,13)14)17-7-8(2)9(18)19-3/h8H,4-7H2,1-3H3,(H2,15,16,17). The number of nitrogens with zero attached hydrogens (tertiary/aromatic N) is 1. The quantitative estimate of drug-likeness (QED) is 0.438. The van der Waals surface area contributed by atoms with Crippen LogP contribution in [0, 0.1) is 5.92 Å². The molecule has 0 fully saturated rings. The molecule has 0 heterocycles. The highest BCUT2D eigenvalue weighted by Gasteiger charge is 2.26. The smallest absolute Gasteiger partial charge is 0.390 e. The monoisotopic (exact) mass is 283 g/mol. The molecule has 0 radical (unpaired) electrons. The van der Waals surface area contributed by atoms with Crippen molar-refractivity contribution in [3.05, 3.63) is 0 Å². The summed E-state index contributed by atoms with van der Waals surface area (Å²) in [5.74, 6) is -0.597. The van der Waals surface area contributed by atoms with Crippen molar-refractivity contribution < 1.29 is 22.7 Å². The molecule has 19 heavy (non-hydrogen) atoms. The Kier molecular flexibility index (Phi) is 7.94. The lowest BCUT2D eigenvalue weighted by molar-refractivity contribution is -0.144. The van der Waals surface area contributed by atoms with Gasteiger partial charge in [-0.1, -0.05) is 6.92 Å². The lowest BCUT2D eigenvalue weighted by Gasteiger charge is -2.13. The molecule has 5 nitrogen and oxygen atoms in total. The lowest BCUT2D eigenvalue weighted by Crippen LogP contribution is -2.39. The van der Waals surface area contributed by atoms with Gasteiger partial charge in [0, 0.05) is 13.1 Å². The van der Waals surface area contributed by atoms with E-state index in [-0.39, 0.29) is 19.0 Å². The van der Waals surface area contributed by atoms with Crippen LogP contribution in [0.4, 0.5) is 13.2 Å². The Labute approximate surface area is 110 Å². The van der Waals surface area contributed by atoms with Crippen LogP contribution < -0.4 is 10.6 Å². The minimum absolute atomic E-state index is 0.147. The predicted molar refractivity (Wildman–Crippen MR) is 65.8 cm³/mol. The second-order valence-corrected chi connectivity index (χ2v) is 3.94. The SMILES string of the molecule is CCNC(=NCC(C)C(=O)OC)NCCC(F)(F)F. The van der Waals surface area contributed by atoms with E-state index in [0.717, 1.165) is 0 Å². The molecule has 0 spiro atoms. The van der Waals surface area contributed by atoms with E-state index in [4.69, 9.17) is 0 Å². The van der Waals surface area contributed by atoms with Crippen molar-refractivity contribution in [3.63, 3.8) is 0 Å². The largest absolute Gasteiger partial charge is 0.469 e. The second-order valence-electron chi connectivity index (χ2n) is 3.94. The third kappa shape index (κ3) is 9.15. The van der Waals surface area contributed by atoms with Crippen molar-refractivity contribution in [2.75, 3.05) is 26.7 Å². The third-order valence-electron chi connectivity index (χ3n) is 2.17. The summed E-state index contributed by atoms with van der Waals surface area (Å²) in [6, 6.07) is 0. The van der Waals surface area contributed by atoms with Crippen LogP contribution in [0.2, 0.25) is 0 Å². The van der Waals surface area contributed by atoms with Gasteiger partial charge in [-0.25, -0.2) is 0 Å². The van der Waals surface area contributed by atoms with Crippen LogP contribution >= 0.6 is 0 Å². The molecule has 0 aliphatic carbocycles. The molecule has 0 aromatic carbocycles. The number of nitrogens with one attached hydrogen (secondary N) is 2. The van der Waals surface area contributed by atoms with Crippen molar-refractivity contribution in [3.8, 4) is 0 Å². The molecule has 0 bridgehead atoms. The van der Waals surface area contributed by atoms with Gasteiger partial charge in [-0.3, -0.25) is 9.79 Å². The number of ether oxygens (including phenoxy) is 1. The first-order chi connectivity index (χ1) is 8.80. The summed E-state index contributed by atoms with van der Waals surface area (Å²) >= 11 is 0. The first-order valence-electron chi connectivity index (χ1n) is 5.97. The van der Waals surface area contributed by atoms with Gasteiger partial charge in [-0.05, 0) is 6.92 Å². The highest BCUT2D eigenvalue weighted by atomic mass is 19.4. The number of hydrogen-bond acceptors (Lipinski definition) is 3. The number of carbonyl (C=O) groups is 1. The molecule has 0 rings (SSSR count). The molecule has 0 saturated heterocycles. The van der Waals surface area contributed by atoms with Crippen molar-refractivity contribution in [1.29, 1.82) is 0 Å². The summed E-state index contributed by atoms with van der Waals surface area (Å²) in [7, 11) is 1.27. The van der Waals surface area contributed by atoms with Crippen molar-refractivity contribution >= 4 is 11.9 Å². The number of hydrogen-bond donors (Lipinski definition) is 2. The Morgan fingerprint density at radius 3 is 2.47 bits per heavy atom. The van der Waals surface area contributed by atoms with Crippen LogP contribution in [0.15, 0.2) is 4.99 Å². The van der Waals surface area contributed by atoms with Gasteiger partial charge in [-0.2, -0.15) is 13.2 Å². The van der Waals surface area contributed by atoms with Crippen molar-refractivity contribution in [2.45, 2.75) is 26.4 Å². The number of rotatable bonds is 6. The molecule has 0 aliphatic rings. The van der Waals surface area contributed by atoms with Gasteiger partial charge in [0.15, 0.2) is 5.96 Å². The molecular formula is C11H20F3N3O2. The molecule has 0 amide bonds. The number of aliphatic imine (C=N–C) groups is 1. The zero-order valence-electron chi connectivity index (χ0n) is 11.3. The molecule has 2 N–H and O–H groups in total. The van der Waals surface area contributed by atoms with Gasteiger partial charge in [0.2, 0.25) is 0 Å². The second kappa shape index (κ2) is 8.60. The van der Waals surface area contributed by atoms with Gasteiger partial charge in [0.25, 0.3) is 0 Å². The molecule has 0 aromatic heterocycles. The zero-order valence-corrected chi connectivity index (χ0v) is 11.3. The van der Waals surface area contributed by atoms with Crippen LogP contribution in [0.25, 0.3) is 0 Å². The normalized spacial score (nSPS) is 13.9. The average Bonchev–Trinajstić information content (AvgIpc) is 2.33. The Hall–Kier alpha value is -1.47. The number of esters is 1. The van der Waals surface area contributed by atoms with Gasteiger partial charge in [0.05, 0.1) is 26.0 Å². The molecule has 112 valence electrons. The topological polar surface area (TPSA) is 62.7 Å².